The van der Waals surface area contributed by atoms with Gasteiger partial charge in [-0.15, -0.1) is 11.3 Å². The SMILES string of the molecule is C[C@H](OC(=O)/C=C/c1nc2ccccc2s1)C(=O)Nc1ccc(F)cc1Cl. The van der Waals surface area contributed by atoms with Crippen molar-refractivity contribution in [2.75, 3.05) is 5.32 Å². The van der Waals surface area contributed by atoms with Gasteiger partial charge in [0.25, 0.3) is 5.91 Å². The molecular weight excluding hydrogens is 391 g/mol. The van der Waals surface area contributed by atoms with Crippen LogP contribution in [0, 0.1) is 5.82 Å². The van der Waals surface area contributed by atoms with Crippen molar-refractivity contribution in [3.8, 4) is 0 Å². The minimum absolute atomic E-state index is 0.0533. The standard InChI is InChI=1S/C19H14ClFN2O3S/c1-11(19(25)23-14-7-6-12(21)10-13(14)20)26-18(24)9-8-17-22-15-4-2-3-5-16(15)27-17/h2-11H,1H3,(H,23,25)/b9-8+/t11-/m0/s1. The molecule has 0 radical (unpaired) electrons. The van der Waals surface area contributed by atoms with Crippen LogP contribution >= 0.6 is 22.9 Å². The first-order valence-electron chi connectivity index (χ1n) is 7.92. The summed E-state index contributed by atoms with van der Waals surface area (Å²) in [5, 5.41) is 3.19. The molecule has 3 rings (SSSR count). The van der Waals surface area contributed by atoms with Crippen molar-refractivity contribution >= 4 is 56.8 Å². The number of amides is 1. The summed E-state index contributed by atoms with van der Waals surface area (Å²) in [4.78, 5) is 28.4. The largest absolute Gasteiger partial charge is 0.449 e. The van der Waals surface area contributed by atoms with Gasteiger partial charge >= 0.3 is 5.97 Å². The highest BCUT2D eigenvalue weighted by molar-refractivity contribution is 7.19. The van der Waals surface area contributed by atoms with Crippen molar-refractivity contribution in [2.45, 2.75) is 13.0 Å². The number of nitrogens with zero attached hydrogens (tertiary/aromatic N) is 1. The Hall–Kier alpha value is -2.77. The second kappa shape index (κ2) is 8.28. The highest BCUT2D eigenvalue weighted by Gasteiger charge is 2.18. The third-order valence-corrected chi connectivity index (χ3v) is 4.84. The van der Waals surface area contributed by atoms with Gasteiger partial charge in [-0.05, 0) is 43.3 Å². The summed E-state index contributed by atoms with van der Waals surface area (Å²) < 4.78 is 19.1. The van der Waals surface area contributed by atoms with E-state index >= 15 is 0 Å². The maximum atomic E-state index is 13.0. The number of rotatable bonds is 5. The lowest BCUT2D eigenvalue weighted by Crippen LogP contribution is -2.29. The predicted molar refractivity (Wildman–Crippen MR) is 104 cm³/mol. The maximum absolute atomic E-state index is 13.0. The average molecular weight is 405 g/mol. The second-order valence-electron chi connectivity index (χ2n) is 5.55. The van der Waals surface area contributed by atoms with Crippen LogP contribution in [0.2, 0.25) is 5.02 Å². The van der Waals surface area contributed by atoms with E-state index in [4.69, 9.17) is 16.3 Å². The molecule has 0 unspecified atom stereocenters. The van der Waals surface area contributed by atoms with E-state index in [1.807, 2.05) is 24.3 Å². The summed E-state index contributed by atoms with van der Waals surface area (Å²) in [7, 11) is 0. The lowest BCUT2D eigenvalue weighted by molar-refractivity contribution is -0.148. The minimum atomic E-state index is -1.06. The summed E-state index contributed by atoms with van der Waals surface area (Å²) in [6.45, 7) is 1.43. The van der Waals surface area contributed by atoms with Gasteiger partial charge < -0.3 is 10.1 Å². The monoisotopic (exact) mass is 404 g/mol. The molecule has 1 N–H and O–H groups in total. The molecule has 0 bridgehead atoms. The first-order chi connectivity index (χ1) is 12.9. The fraction of sp³-hybridized carbons (Fsp3) is 0.105. The van der Waals surface area contributed by atoms with Crippen molar-refractivity contribution in [3.63, 3.8) is 0 Å². The van der Waals surface area contributed by atoms with E-state index in [2.05, 4.69) is 10.3 Å². The van der Waals surface area contributed by atoms with E-state index in [-0.39, 0.29) is 10.7 Å². The van der Waals surface area contributed by atoms with E-state index in [0.29, 0.717) is 5.01 Å². The highest BCUT2D eigenvalue weighted by atomic mass is 35.5. The molecule has 1 amide bonds. The Morgan fingerprint density at radius 2 is 2.07 bits per heavy atom. The molecular formula is C19H14ClFN2O3S. The fourth-order valence-electron chi connectivity index (χ4n) is 2.19. The number of thiazole rings is 1. The third-order valence-electron chi connectivity index (χ3n) is 3.52. The number of fused-ring (bicyclic) bond motifs is 1. The number of benzene rings is 2. The average Bonchev–Trinajstić information content (AvgIpc) is 3.05. The van der Waals surface area contributed by atoms with Gasteiger partial charge in [0.2, 0.25) is 0 Å². The summed E-state index contributed by atoms with van der Waals surface area (Å²) in [6, 6.07) is 11.2. The molecule has 1 atom stereocenters. The summed E-state index contributed by atoms with van der Waals surface area (Å²) in [5.41, 5.74) is 1.08. The van der Waals surface area contributed by atoms with E-state index < -0.39 is 23.8 Å². The number of carbonyl (C=O) groups is 2. The Kier molecular flexibility index (Phi) is 5.83. The Balaban J connectivity index is 1.58. The quantitative estimate of drug-likeness (QED) is 0.495. The number of hydrogen-bond donors (Lipinski definition) is 1. The van der Waals surface area contributed by atoms with Crippen LogP contribution in [0.4, 0.5) is 10.1 Å². The highest BCUT2D eigenvalue weighted by Crippen LogP contribution is 2.23. The van der Waals surface area contributed by atoms with Crippen LogP contribution < -0.4 is 5.32 Å². The maximum Gasteiger partial charge on any atom is 0.331 e. The molecule has 0 aliphatic heterocycles. The van der Waals surface area contributed by atoms with Gasteiger partial charge in [-0.1, -0.05) is 23.7 Å². The molecule has 2 aromatic carbocycles. The number of ether oxygens (including phenoxy) is 1. The molecule has 0 spiro atoms. The molecule has 138 valence electrons. The number of para-hydroxylation sites is 1. The Labute approximate surface area is 163 Å². The third kappa shape index (κ3) is 4.90. The molecule has 0 saturated carbocycles. The van der Waals surface area contributed by atoms with E-state index in [9.17, 15) is 14.0 Å². The number of carbonyl (C=O) groups excluding carboxylic acids is 2. The molecule has 1 heterocycles. The van der Waals surface area contributed by atoms with Crippen LogP contribution in [-0.2, 0) is 14.3 Å². The van der Waals surface area contributed by atoms with E-state index in [1.54, 1.807) is 0 Å². The molecule has 0 aliphatic rings. The molecule has 3 aromatic rings. The topological polar surface area (TPSA) is 68.3 Å². The zero-order valence-corrected chi connectivity index (χ0v) is 15.7. The van der Waals surface area contributed by atoms with Gasteiger partial charge in [0.15, 0.2) is 6.10 Å². The molecule has 5 nitrogen and oxygen atoms in total. The van der Waals surface area contributed by atoms with Gasteiger partial charge in [0.05, 0.1) is 20.9 Å². The second-order valence-corrected chi connectivity index (χ2v) is 7.02. The van der Waals surface area contributed by atoms with E-state index in [0.717, 1.165) is 16.3 Å². The van der Waals surface area contributed by atoms with Crippen LogP contribution in [-0.4, -0.2) is 23.0 Å². The van der Waals surface area contributed by atoms with Gasteiger partial charge in [0, 0.05) is 6.08 Å². The van der Waals surface area contributed by atoms with Gasteiger partial charge in [0.1, 0.15) is 10.8 Å². The number of hydrogen-bond acceptors (Lipinski definition) is 5. The molecule has 1 aromatic heterocycles. The van der Waals surface area contributed by atoms with Crippen molar-refractivity contribution in [2.24, 2.45) is 0 Å². The number of anilines is 1. The summed E-state index contributed by atoms with van der Waals surface area (Å²) in [5.74, 6) is -1.77. The first kappa shape index (κ1) is 19.0. The van der Waals surface area contributed by atoms with Crippen LogP contribution in [0.1, 0.15) is 11.9 Å². The van der Waals surface area contributed by atoms with Crippen LogP contribution in [0.3, 0.4) is 0 Å². The fourth-order valence-corrected chi connectivity index (χ4v) is 3.28. The zero-order chi connectivity index (χ0) is 19.4. The number of nitrogens with one attached hydrogen (secondary N) is 1. The normalized spacial score (nSPS) is 12.3. The Bertz CT molecular complexity index is 1000. The molecule has 0 fully saturated rings. The summed E-state index contributed by atoms with van der Waals surface area (Å²) in [6.07, 6.45) is 1.69. The van der Waals surface area contributed by atoms with Crippen molar-refractivity contribution in [3.05, 3.63) is 64.4 Å². The number of esters is 1. The lowest BCUT2D eigenvalue weighted by atomic mass is 10.3. The van der Waals surface area contributed by atoms with Gasteiger partial charge in [-0.2, -0.15) is 0 Å². The van der Waals surface area contributed by atoms with Crippen molar-refractivity contribution < 1.29 is 18.7 Å². The summed E-state index contributed by atoms with van der Waals surface area (Å²) >= 11 is 7.29. The van der Waals surface area contributed by atoms with Crippen LogP contribution in [0.25, 0.3) is 16.3 Å². The van der Waals surface area contributed by atoms with E-state index in [1.165, 1.54) is 42.5 Å². The van der Waals surface area contributed by atoms with Crippen molar-refractivity contribution in [1.29, 1.82) is 0 Å². The molecule has 0 aliphatic carbocycles. The first-order valence-corrected chi connectivity index (χ1v) is 9.12. The molecule has 8 heteroatoms. The minimum Gasteiger partial charge on any atom is -0.449 e. The van der Waals surface area contributed by atoms with Gasteiger partial charge in [-0.3, -0.25) is 4.79 Å². The molecule has 27 heavy (non-hydrogen) atoms. The lowest BCUT2D eigenvalue weighted by Gasteiger charge is -2.13. The predicted octanol–water partition coefficient (Wildman–Crippen LogP) is 4.67. The smallest absolute Gasteiger partial charge is 0.331 e. The zero-order valence-electron chi connectivity index (χ0n) is 14.1. The van der Waals surface area contributed by atoms with Gasteiger partial charge in [-0.25, -0.2) is 14.2 Å². The Morgan fingerprint density at radius 3 is 2.81 bits per heavy atom. The molecule has 0 saturated heterocycles. The number of aromatic nitrogens is 1. The Morgan fingerprint density at radius 1 is 1.30 bits per heavy atom. The van der Waals surface area contributed by atoms with Crippen LogP contribution in [0.5, 0.6) is 0 Å². The number of halogens is 2. The van der Waals surface area contributed by atoms with Crippen molar-refractivity contribution in [1.82, 2.24) is 4.98 Å². The van der Waals surface area contributed by atoms with Crippen LogP contribution in [0.15, 0.2) is 48.5 Å².